The molecule has 2 N–H and O–H groups in total. The number of nitrogens with one attached hydrogen (secondary N) is 1. The van der Waals surface area contributed by atoms with E-state index >= 15 is 0 Å². The molecule has 1 aromatic carbocycles. The van der Waals surface area contributed by atoms with Gasteiger partial charge in [-0.15, -0.1) is 11.8 Å². The number of thioether (sulfide) groups is 1. The molecule has 0 saturated carbocycles. The summed E-state index contributed by atoms with van der Waals surface area (Å²) in [6, 6.07) is 7.84. The second kappa shape index (κ2) is 5.44. The number of fused-ring (bicyclic) bond motifs is 1. The molecule has 1 heterocycles. The maximum absolute atomic E-state index is 12.0. The van der Waals surface area contributed by atoms with Crippen LogP contribution in [0.25, 0.3) is 0 Å². The quantitative estimate of drug-likeness (QED) is 0.870. The van der Waals surface area contributed by atoms with Crippen LogP contribution in [0.1, 0.15) is 18.4 Å². The zero-order valence-electron chi connectivity index (χ0n) is 10.1. The lowest BCUT2D eigenvalue weighted by Gasteiger charge is -2.13. The molecule has 0 aromatic heterocycles. The average molecular weight is 265 g/mol. The summed E-state index contributed by atoms with van der Waals surface area (Å²) < 4.78 is 0. The Morgan fingerprint density at radius 2 is 2.22 bits per heavy atom. The molecule has 18 heavy (non-hydrogen) atoms. The molecule has 4 nitrogen and oxygen atoms in total. The minimum Gasteiger partial charge on any atom is -0.481 e. The third kappa shape index (κ3) is 2.67. The van der Waals surface area contributed by atoms with E-state index < -0.39 is 11.9 Å². The fourth-order valence-corrected chi connectivity index (χ4v) is 3.07. The summed E-state index contributed by atoms with van der Waals surface area (Å²) in [7, 11) is 0. The maximum Gasteiger partial charge on any atom is 0.308 e. The lowest BCUT2D eigenvalue weighted by atomic mass is 10.0. The molecule has 0 unspecified atom stereocenters. The Kier molecular flexibility index (Phi) is 3.91. The predicted octanol–water partition coefficient (Wildman–Crippen LogP) is 1.71. The summed E-state index contributed by atoms with van der Waals surface area (Å²) in [5.74, 6) is -0.963. The summed E-state index contributed by atoms with van der Waals surface area (Å²) in [4.78, 5) is 23.8. The van der Waals surface area contributed by atoms with Gasteiger partial charge in [0.1, 0.15) is 0 Å². The number of hydrogen-bond acceptors (Lipinski definition) is 3. The first-order valence-electron chi connectivity index (χ1n) is 5.82. The van der Waals surface area contributed by atoms with Crippen molar-refractivity contribution in [1.82, 2.24) is 5.32 Å². The number of hydrogen-bond donors (Lipinski definition) is 2. The molecule has 0 aliphatic carbocycles. The topological polar surface area (TPSA) is 66.4 Å². The number of aliphatic carboxylic acids is 1. The summed E-state index contributed by atoms with van der Waals surface area (Å²) in [5, 5.41) is 11.5. The molecule has 0 radical (unpaired) electrons. The van der Waals surface area contributed by atoms with Gasteiger partial charge in [0.05, 0.1) is 11.8 Å². The van der Waals surface area contributed by atoms with Crippen molar-refractivity contribution in [3.63, 3.8) is 0 Å². The fourth-order valence-electron chi connectivity index (χ4n) is 1.84. The fraction of sp³-hybridized carbons (Fsp3) is 0.385. The highest BCUT2D eigenvalue weighted by atomic mass is 32.2. The van der Waals surface area contributed by atoms with Crippen LogP contribution in [0.15, 0.2) is 29.2 Å². The van der Waals surface area contributed by atoms with E-state index in [0.717, 1.165) is 16.2 Å². The Hall–Kier alpha value is -1.49. The predicted molar refractivity (Wildman–Crippen MR) is 69.7 cm³/mol. The van der Waals surface area contributed by atoms with Crippen molar-refractivity contribution in [1.29, 1.82) is 0 Å². The number of amides is 1. The average Bonchev–Trinajstić information content (AvgIpc) is 2.79. The molecule has 96 valence electrons. The van der Waals surface area contributed by atoms with Crippen LogP contribution in [0, 0.1) is 5.92 Å². The molecule has 2 atom stereocenters. The zero-order valence-corrected chi connectivity index (χ0v) is 10.9. The van der Waals surface area contributed by atoms with E-state index in [4.69, 9.17) is 5.11 Å². The van der Waals surface area contributed by atoms with E-state index in [-0.39, 0.29) is 18.4 Å². The van der Waals surface area contributed by atoms with Gasteiger partial charge in [0.25, 0.3) is 0 Å². The SMILES string of the molecule is C[C@@H](CNC(=O)[C@@H]1CSc2ccccc21)C(=O)O. The monoisotopic (exact) mass is 265 g/mol. The third-order valence-electron chi connectivity index (χ3n) is 3.02. The molecule has 1 aromatic rings. The third-order valence-corrected chi connectivity index (χ3v) is 4.20. The standard InChI is InChI=1S/C13H15NO3S/c1-8(13(16)17)6-14-12(15)10-7-18-11-5-3-2-4-9(10)11/h2-5,8,10H,6-7H2,1H3,(H,14,15)(H,16,17)/t8-,10+/m0/s1. The highest BCUT2D eigenvalue weighted by Gasteiger charge is 2.29. The van der Waals surface area contributed by atoms with Crippen molar-refractivity contribution in [2.24, 2.45) is 5.92 Å². The first-order valence-corrected chi connectivity index (χ1v) is 6.80. The summed E-state index contributed by atoms with van der Waals surface area (Å²) in [6.45, 7) is 1.76. The Labute approximate surface area is 110 Å². The van der Waals surface area contributed by atoms with Gasteiger partial charge < -0.3 is 10.4 Å². The highest BCUT2D eigenvalue weighted by Crippen LogP contribution is 2.39. The Balaban J connectivity index is 1.97. The van der Waals surface area contributed by atoms with Gasteiger partial charge in [-0.1, -0.05) is 25.1 Å². The van der Waals surface area contributed by atoms with Crippen LogP contribution in [-0.2, 0) is 9.59 Å². The minimum absolute atomic E-state index is 0.0828. The number of carbonyl (C=O) groups is 2. The first kappa shape index (κ1) is 13.0. The highest BCUT2D eigenvalue weighted by molar-refractivity contribution is 7.99. The van der Waals surface area contributed by atoms with Gasteiger partial charge in [0, 0.05) is 17.2 Å². The molecule has 0 bridgehead atoms. The van der Waals surface area contributed by atoms with Crippen LogP contribution < -0.4 is 5.32 Å². The van der Waals surface area contributed by atoms with Gasteiger partial charge in [-0.2, -0.15) is 0 Å². The van der Waals surface area contributed by atoms with Gasteiger partial charge in [0.2, 0.25) is 5.91 Å². The molecule has 0 saturated heterocycles. The Morgan fingerprint density at radius 1 is 1.50 bits per heavy atom. The van der Waals surface area contributed by atoms with Crippen molar-refractivity contribution in [2.75, 3.05) is 12.3 Å². The Bertz CT molecular complexity index is 475. The summed E-state index contributed by atoms with van der Waals surface area (Å²) in [6.07, 6.45) is 0. The second-order valence-corrected chi connectivity index (χ2v) is 5.45. The number of carboxylic acids is 1. The molecule has 0 fully saturated rings. The van der Waals surface area contributed by atoms with Crippen molar-refractivity contribution in [3.05, 3.63) is 29.8 Å². The first-order chi connectivity index (χ1) is 8.59. The normalized spacial score (nSPS) is 19.1. The van der Waals surface area contributed by atoms with E-state index in [1.165, 1.54) is 0 Å². The van der Waals surface area contributed by atoms with E-state index in [2.05, 4.69) is 5.32 Å². The lowest BCUT2D eigenvalue weighted by Crippen LogP contribution is -2.35. The molecule has 2 rings (SSSR count). The molecule has 1 amide bonds. The van der Waals surface area contributed by atoms with Crippen LogP contribution in [0.2, 0.25) is 0 Å². The number of benzene rings is 1. The second-order valence-electron chi connectivity index (χ2n) is 4.39. The van der Waals surface area contributed by atoms with Crippen molar-refractivity contribution in [3.8, 4) is 0 Å². The van der Waals surface area contributed by atoms with Crippen LogP contribution in [-0.4, -0.2) is 29.3 Å². The van der Waals surface area contributed by atoms with Gasteiger partial charge in [0.15, 0.2) is 0 Å². The van der Waals surface area contributed by atoms with Crippen molar-refractivity contribution >= 4 is 23.6 Å². The van der Waals surface area contributed by atoms with E-state index in [1.54, 1.807) is 18.7 Å². The van der Waals surface area contributed by atoms with Crippen molar-refractivity contribution in [2.45, 2.75) is 17.7 Å². The van der Waals surface area contributed by atoms with Gasteiger partial charge in [-0.25, -0.2) is 0 Å². The lowest BCUT2D eigenvalue weighted by molar-refractivity contribution is -0.141. The number of carbonyl (C=O) groups excluding carboxylic acids is 1. The number of carboxylic acid groups (broad SMARTS) is 1. The van der Waals surface area contributed by atoms with E-state index in [1.807, 2.05) is 24.3 Å². The van der Waals surface area contributed by atoms with Gasteiger partial charge in [-0.05, 0) is 11.6 Å². The van der Waals surface area contributed by atoms with E-state index in [0.29, 0.717) is 0 Å². The molecule has 1 aliphatic rings. The van der Waals surface area contributed by atoms with Crippen LogP contribution in [0.5, 0.6) is 0 Å². The molecule has 0 spiro atoms. The molecule has 1 aliphatic heterocycles. The summed E-state index contributed by atoms with van der Waals surface area (Å²) in [5.41, 5.74) is 1.04. The minimum atomic E-state index is -0.892. The maximum atomic E-state index is 12.0. The van der Waals surface area contributed by atoms with Crippen LogP contribution in [0.4, 0.5) is 0 Å². The molecular formula is C13H15NO3S. The Morgan fingerprint density at radius 3 is 2.94 bits per heavy atom. The molecule has 5 heteroatoms. The van der Waals surface area contributed by atoms with Crippen molar-refractivity contribution < 1.29 is 14.7 Å². The van der Waals surface area contributed by atoms with Gasteiger partial charge >= 0.3 is 5.97 Å². The van der Waals surface area contributed by atoms with Crippen LogP contribution >= 0.6 is 11.8 Å². The summed E-state index contributed by atoms with van der Waals surface area (Å²) >= 11 is 1.67. The van der Waals surface area contributed by atoms with E-state index in [9.17, 15) is 9.59 Å². The molecular weight excluding hydrogens is 250 g/mol. The smallest absolute Gasteiger partial charge is 0.308 e. The van der Waals surface area contributed by atoms with Gasteiger partial charge in [-0.3, -0.25) is 9.59 Å². The zero-order chi connectivity index (χ0) is 13.1. The largest absolute Gasteiger partial charge is 0.481 e. The number of rotatable bonds is 4. The van der Waals surface area contributed by atoms with Crippen LogP contribution in [0.3, 0.4) is 0 Å².